The summed E-state index contributed by atoms with van der Waals surface area (Å²) in [6, 6.07) is 0. The smallest absolute Gasteiger partial charge is 0.130 e. The number of hydrogen-bond acceptors (Lipinski definition) is 1. The van der Waals surface area contributed by atoms with Crippen molar-refractivity contribution in [3.63, 3.8) is 0 Å². The first-order valence-electron chi connectivity index (χ1n) is 13.2. The summed E-state index contributed by atoms with van der Waals surface area (Å²) in [5.74, 6) is 6.34. The normalized spacial score (nSPS) is 42.1. The van der Waals surface area contributed by atoms with Gasteiger partial charge >= 0.3 is 0 Å². The van der Waals surface area contributed by atoms with Crippen molar-refractivity contribution in [3.05, 3.63) is 0 Å². The quantitative estimate of drug-likeness (QED) is 0.301. The van der Waals surface area contributed by atoms with Gasteiger partial charge in [0.1, 0.15) is 5.78 Å². The second kappa shape index (κ2) is 9.96. The van der Waals surface area contributed by atoms with E-state index in [1.807, 2.05) is 0 Å². The van der Waals surface area contributed by atoms with Gasteiger partial charge in [0.05, 0.1) is 0 Å². The molecule has 30 heavy (non-hydrogen) atoms. The highest BCUT2D eigenvalue weighted by Gasteiger charge is 2.59. The van der Waals surface area contributed by atoms with Crippen LogP contribution < -0.4 is 0 Å². The molecule has 3 aliphatic rings. The third-order valence-corrected chi connectivity index (χ3v) is 10.8. The lowest BCUT2D eigenvalue weighted by atomic mass is 9.45. The number of rotatable bonds is 9. The minimum absolute atomic E-state index is 0.348. The molecule has 0 bridgehead atoms. The van der Waals surface area contributed by atoms with E-state index in [4.69, 9.17) is 0 Å². The predicted octanol–water partition coefficient (Wildman–Crippen LogP) is 8.69. The second-order valence-electron chi connectivity index (χ2n) is 12.5. The van der Waals surface area contributed by atoms with Crippen molar-refractivity contribution in [2.45, 2.75) is 112 Å². The lowest BCUT2D eigenvalue weighted by Gasteiger charge is -2.59. The average molecular weight is 482 g/mol. The maximum Gasteiger partial charge on any atom is 0.130 e. The number of Topliss-reactive ketones (excluding diaryl/α,β-unsaturated/α-hetero) is 1. The highest BCUT2D eigenvalue weighted by atomic mass is 79.9. The maximum atomic E-state index is 12.0. The summed E-state index contributed by atoms with van der Waals surface area (Å²) in [6.07, 6.45) is 14.7. The van der Waals surface area contributed by atoms with E-state index in [-0.39, 0.29) is 0 Å². The lowest BCUT2D eigenvalue weighted by molar-refractivity contribution is -0.127. The maximum absolute atomic E-state index is 12.0. The molecule has 1 nitrogen and oxygen atoms in total. The van der Waals surface area contributed by atoms with Crippen molar-refractivity contribution in [2.24, 2.45) is 52.3 Å². The summed E-state index contributed by atoms with van der Waals surface area (Å²) in [5, 5.41) is 1.08. The fourth-order valence-electron chi connectivity index (χ4n) is 8.83. The monoisotopic (exact) mass is 480 g/mol. The molecule has 174 valence electrons. The van der Waals surface area contributed by atoms with Gasteiger partial charge in [-0.15, -0.1) is 0 Å². The zero-order valence-corrected chi connectivity index (χ0v) is 22.4. The molecule has 0 spiro atoms. The molecular formula is C28H49BrO. The molecule has 3 saturated carbocycles. The predicted molar refractivity (Wildman–Crippen MR) is 133 cm³/mol. The number of ketones is 1. The summed E-state index contributed by atoms with van der Waals surface area (Å²) in [7, 11) is 0. The number of hydrogen-bond donors (Lipinski definition) is 0. The first kappa shape index (κ1) is 24.8. The van der Waals surface area contributed by atoms with Crippen LogP contribution in [0.1, 0.15) is 112 Å². The number of carbonyl (C=O) groups is 1. The molecule has 0 amide bonds. The Kier molecular flexibility index (Phi) is 8.23. The number of alkyl halides is 1. The van der Waals surface area contributed by atoms with E-state index < -0.39 is 0 Å². The number of halogens is 1. The minimum atomic E-state index is 0.348. The van der Waals surface area contributed by atoms with Crippen molar-refractivity contribution >= 4 is 21.7 Å². The van der Waals surface area contributed by atoms with E-state index >= 15 is 0 Å². The third kappa shape index (κ3) is 4.74. The van der Waals surface area contributed by atoms with Crippen LogP contribution in [-0.4, -0.2) is 11.1 Å². The van der Waals surface area contributed by atoms with Crippen molar-refractivity contribution < 1.29 is 4.79 Å². The zero-order valence-electron chi connectivity index (χ0n) is 20.8. The Balaban J connectivity index is 1.75. The van der Waals surface area contributed by atoms with Gasteiger partial charge in [0.15, 0.2) is 0 Å². The van der Waals surface area contributed by atoms with Gasteiger partial charge in [0.2, 0.25) is 0 Å². The molecule has 0 aliphatic heterocycles. The number of fused-ring (bicyclic) bond motifs is 3. The second-order valence-corrected chi connectivity index (χ2v) is 13.3. The Morgan fingerprint density at radius 3 is 2.37 bits per heavy atom. The van der Waals surface area contributed by atoms with E-state index in [0.29, 0.717) is 22.5 Å². The van der Waals surface area contributed by atoms with Gasteiger partial charge in [-0.3, -0.25) is 0 Å². The summed E-state index contributed by atoms with van der Waals surface area (Å²) in [5.41, 5.74) is 0.918. The molecule has 0 aromatic rings. The Morgan fingerprint density at radius 1 is 1.00 bits per heavy atom. The minimum Gasteiger partial charge on any atom is -0.300 e. The Labute approximate surface area is 196 Å². The largest absolute Gasteiger partial charge is 0.300 e. The van der Waals surface area contributed by atoms with Crippen LogP contribution in [0, 0.1) is 52.3 Å². The molecule has 2 heteroatoms. The van der Waals surface area contributed by atoms with Crippen LogP contribution >= 0.6 is 15.9 Å². The molecule has 0 heterocycles. The fourth-order valence-corrected chi connectivity index (χ4v) is 9.69. The van der Waals surface area contributed by atoms with Gasteiger partial charge in [-0.2, -0.15) is 0 Å². The molecule has 0 aromatic heterocycles. The van der Waals surface area contributed by atoms with Gasteiger partial charge < -0.3 is 4.79 Å². The highest BCUT2D eigenvalue weighted by molar-refractivity contribution is 9.09. The van der Waals surface area contributed by atoms with Crippen molar-refractivity contribution in [3.8, 4) is 0 Å². The topological polar surface area (TPSA) is 17.1 Å². The Bertz CT molecular complexity index is 585. The van der Waals surface area contributed by atoms with Gasteiger partial charge in [-0.25, -0.2) is 0 Å². The van der Waals surface area contributed by atoms with Gasteiger partial charge in [0.25, 0.3) is 0 Å². The van der Waals surface area contributed by atoms with E-state index in [1.165, 1.54) is 64.2 Å². The summed E-state index contributed by atoms with van der Waals surface area (Å²) in [4.78, 5) is 12.0. The summed E-state index contributed by atoms with van der Waals surface area (Å²) >= 11 is 3.78. The summed E-state index contributed by atoms with van der Waals surface area (Å²) < 4.78 is 0. The molecule has 0 radical (unpaired) electrons. The van der Waals surface area contributed by atoms with Crippen molar-refractivity contribution in [1.29, 1.82) is 0 Å². The van der Waals surface area contributed by atoms with Crippen LogP contribution in [0.15, 0.2) is 0 Å². The Morgan fingerprint density at radius 2 is 1.73 bits per heavy atom. The average Bonchev–Trinajstić information content (AvgIpc) is 3.01. The molecule has 0 N–H and O–H groups in total. The van der Waals surface area contributed by atoms with Gasteiger partial charge in [-0.1, -0.05) is 69.8 Å². The molecule has 3 rings (SSSR count). The van der Waals surface area contributed by atoms with Crippen LogP contribution in [0.3, 0.4) is 0 Å². The van der Waals surface area contributed by atoms with Crippen molar-refractivity contribution in [2.75, 3.05) is 5.33 Å². The van der Waals surface area contributed by atoms with Gasteiger partial charge in [0, 0.05) is 11.8 Å². The van der Waals surface area contributed by atoms with E-state index in [1.54, 1.807) is 6.92 Å². The van der Waals surface area contributed by atoms with Crippen molar-refractivity contribution in [1.82, 2.24) is 0 Å². The molecule has 8 atom stereocenters. The molecule has 0 saturated heterocycles. The van der Waals surface area contributed by atoms with Crippen LogP contribution in [0.2, 0.25) is 0 Å². The van der Waals surface area contributed by atoms with E-state index in [0.717, 1.165) is 47.3 Å². The van der Waals surface area contributed by atoms with Crippen LogP contribution in [0.4, 0.5) is 0 Å². The lowest BCUT2D eigenvalue weighted by Crippen LogP contribution is -2.52. The SMILES string of the molecule is CC(=O)C[C@@H]1CC[C@@H]2[C@H](CC[C@]3(C)[C@@H]([C@H](C)CCCC(C)C)CC[C@@H]23)[C@@]1(C)CCBr. The zero-order chi connectivity index (χ0) is 22.1. The van der Waals surface area contributed by atoms with Gasteiger partial charge in [-0.05, 0) is 104 Å². The fraction of sp³-hybridized carbons (Fsp3) is 0.964. The number of carbonyl (C=O) groups excluding carboxylic acids is 1. The summed E-state index contributed by atoms with van der Waals surface area (Å²) in [6.45, 7) is 14.4. The van der Waals surface area contributed by atoms with E-state index in [2.05, 4.69) is 50.5 Å². The first-order chi connectivity index (χ1) is 14.1. The first-order valence-corrected chi connectivity index (χ1v) is 14.3. The van der Waals surface area contributed by atoms with Crippen LogP contribution in [0.5, 0.6) is 0 Å². The molecular weight excluding hydrogens is 432 g/mol. The van der Waals surface area contributed by atoms with Crippen LogP contribution in [0.25, 0.3) is 0 Å². The van der Waals surface area contributed by atoms with Crippen LogP contribution in [-0.2, 0) is 4.79 Å². The Hall–Kier alpha value is 0.150. The molecule has 0 aromatic carbocycles. The third-order valence-electron chi connectivity index (χ3n) is 10.4. The molecule has 3 aliphatic carbocycles. The highest BCUT2D eigenvalue weighted by Crippen LogP contribution is 2.67. The molecule has 0 unspecified atom stereocenters. The molecule has 3 fully saturated rings. The van der Waals surface area contributed by atoms with E-state index in [9.17, 15) is 4.79 Å². The standard InChI is InChI=1S/C28H49BrO/c1-19(2)8-7-9-20(3)24-12-13-25-23-11-10-22(18-21(4)30)27(5,16-17-29)26(23)14-15-28(24,25)6/h19-20,22-26H,7-18H2,1-6H3/t20-,22+,23+,24-,25+,26+,27+,28-/m1/s1.